The van der Waals surface area contributed by atoms with Gasteiger partial charge in [-0.15, -0.1) is 0 Å². The molecule has 1 aliphatic rings. The molecule has 0 unspecified atom stereocenters. The molecule has 0 aromatic rings. The topological polar surface area (TPSA) is 34.1 Å². The van der Waals surface area contributed by atoms with Crippen molar-refractivity contribution >= 4 is 24.8 Å². The third kappa shape index (κ3) is 2.12. The van der Waals surface area contributed by atoms with Gasteiger partial charge in [0.2, 0.25) is 0 Å². The van der Waals surface area contributed by atoms with Crippen molar-refractivity contribution in [3.63, 3.8) is 0 Å². The average molecular weight is 211 g/mol. The van der Waals surface area contributed by atoms with E-state index >= 15 is 0 Å². The fourth-order valence-corrected chi connectivity index (χ4v) is 5.69. The van der Waals surface area contributed by atoms with E-state index in [-0.39, 0.29) is 0 Å². The minimum absolute atomic E-state index is 0.365. The third-order valence-electron chi connectivity index (χ3n) is 1.04. The molecule has 1 aliphatic heterocycles. The summed E-state index contributed by atoms with van der Waals surface area (Å²) in [4.78, 5) is 0. The fourth-order valence-electron chi connectivity index (χ4n) is 0.665. The van der Waals surface area contributed by atoms with Crippen LogP contribution in [0.25, 0.3) is 0 Å². The minimum atomic E-state index is -2.78. The molecular formula is C5H8O2SSe. The molecule has 2 nitrogen and oxygen atoms in total. The Bertz CT molecular complexity index is 227. The van der Waals surface area contributed by atoms with E-state index in [9.17, 15) is 8.42 Å². The first-order valence-electron chi connectivity index (χ1n) is 2.64. The summed E-state index contributed by atoms with van der Waals surface area (Å²) in [6, 6.07) is 0. The Morgan fingerprint density at radius 1 is 1.67 bits per heavy atom. The van der Waals surface area contributed by atoms with Gasteiger partial charge in [-0.2, -0.15) is 0 Å². The molecule has 0 saturated heterocycles. The number of rotatable bonds is 0. The first-order chi connectivity index (χ1) is 4.10. The molecule has 0 N–H and O–H groups in total. The van der Waals surface area contributed by atoms with E-state index < -0.39 is 9.84 Å². The van der Waals surface area contributed by atoms with Crippen LogP contribution in [0.15, 0.2) is 9.88 Å². The van der Waals surface area contributed by atoms with Crippen LogP contribution in [0.2, 0.25) is 5.32 Å². The van der Waals surface area contributed by atoms with Crippen molar-refractivity contribution in [2.24, 2.45) is 0 Å². The summed E-state index contributed by atoms with van der Waals surface area (Å²) >= 11 is 0.450. The van der Waals surface area contributed by atoms with Crippen LogP contribution >= 0.6 is 0 Å². The zero-order valence-electron chi connectivity index (χ0n) is 5.12. The summed E-state index contributed by atoms with van der Waals surface area (Å²) in [5.74, 6) is 0.365. The monoisotopic (exact) mass is 212 g/mol. The predicted molar refractivity (Wildman–Crippen MR) is 38.1 cm³/mol. The van der Waals surface area contributed by atoms with Gasteiger partial charge in [0, 0.05) is 0 Å². The number of allylic oxidation sites excluding steroid dienone is 1. The van der Waals surface area contributed by atoms with E-state index in [2.05, 4.69) is 0 Å². The van der Waals surface area contributed by atoms with Crippen LogP contribution in [0.4, 0.5) is 0 Å². The van der Waals surface area contributed by atoms with Gasteiger partial charge in [0.05, 0.1) is 0 Å². The van der Waals surface area contributed by atoms with Crippen molar-refractivity contribution in [3.8, 4) is 0 Å². The zero-order valence-corrected chi connectivity index (χ0v) is 7.65. The summed E-state index contributed by atoms with van der Waals surface area (Å²) in [6.07, 6.45) is 0. The Kier molecular flexibility index (Phi) is 1.99. The van der Waals surface area contributed by atoms with Gasteiger partial charge >= 0.3 is 61.1 Å². The van der Waals surface area contributed by atoms with E-state index in [4.69, 9.17) is 0 Å². The predicted octanol–water partition coefficient (Wildman–Crippen LogP) is 0.399. The van der Waals surface area contributed by atoms with E-state index in [0.717, 1.165) is 9.79 Å². The van der Waals surface area contributed by atoms with E-state index in [1.807, 2.05) is 6.92 Å². The SMILES string of the molecule is CC1=CS(=O)(=O)CC[Se]1. The van der Waals surface area contributed by atoms with Crippen LogP contribution in [-0.4, -0.2) is 29.1 Å². The maximum atomic E-state index is 10.8. The van der Waals surface area contributed by atoms with Crippen LogP contribution in [0, 0.1) is 0 Å². The van der Waals surface area contributed by atoms with Crippen LogP contribution in [0.5, 0.6) is 0 Å². The van der Waals surface area contributed by atoms with Crippen molar-refractivity contribution in [2.75, 3.05) is 5.75 Å². The maximum absolute atomic E-state index is 10.8. The Morgan fingerprint density at radius 3 is 2.67 bits per heavy atom. The number of sulfone groups is 1. The molecule has 0 amide bonds. The summed E-state index contributed by atoms with van der Waals surface area (Å²) in [6.45, 7) is 1.89. The van der Waals surface area contributed by atoms with Crippen molar-refractivity contribution in [1.82, 2.24) is 0 Å². The Balaban J connectivity index is 2.95. The second-order valence-corrected chi connectivity index (χ2v) is 6.73. The van der Waals surface area contributed by atoms with Crippen molar-refractivity contribution in [2.45, 2.75) is 12.2 Å². The molecule has 0 aromatic carbocycles. The molecule has 0 bridgehead atoms. The molecule has 9 heavy (non-hydrogen) atoms. The van der Waals surface area contributed by atoms with E-state index in [1.165, 1.54) is 5.41 Å². The molecule has 4 heteroatoms. The molecule has 1 rings (SSSR count). The first-order valence-corrected chi connectivity index (χ1v) is 6.42. The zero-order chi connectivity index (χ0) is 6.91. The fraction of sp³-hybridized carbons (Fsp3) is 0.600. The average Bonchev–Trinajstić information content (AvgIpc) is 1.60. The van der Waals surface area contributed by atoms with E-state index in [0.29, 0.717) is 20.7 Å². The summed E-state index contributed by atoms with van der Waals surface area (Å²) < 4.78 is 22.6. The van der Waals surface area contributed by atoms with Crippen LogP contribution < -0.4 is 0 Å². The van der Waals surface area contributed by atoms with Crippen LogP contribution in [0.3, 0.4) is 0 Å². The van der Waals surface area contributed by atoms with Gasteiger partial charge < -0.3 is 0 Å². The van der Waals surface area contributed by atoms with Gasteiger partial charge in [-0.05, 0) is 0 Å². The van der Waals surface area contributed by atoms with Crippen LogP contribution in [0.1, 0.15) is 6.92 Å². The molecule has 0 aliphatic carbocycles. The molecular weight excluding hydrogens is 203 g/mol. The van der Waals surface area contributed by atoms with Gasteiger partial charge in [-0.3, -0.25) is 0 Å². The normalized spacial score (nSPS) is 25.2. The van der Waals surface area contributed by atoms with Gasteiger partial charge in [-0.1, -0.05) is 0 Å². The summed E-state index contributed by atoms with van der Waals surface area (Å²) in [5.41, 5.74) is 0. The summed E-state index contributed by atoms with van der Waals surface area (Å²) in [5, 5.41) is 2.27. The molecule has 0 aromatic heterocycles. The van der Waals surface area contributed by atoms with Crippen LogP contribution in [-0.2, 0) is 9.84 Å². The molecule has 0 spiro atoms. The first kappa shape index (κ1) is 7.32. The molecule has 52 valence electrons. The Morgan fingerprint density at radius 2 is 2.33 bits per heavy atom. The standard InChI is InChI=1S/C5H8O2SSe/c1-5-4-8(6,7)2-3-9-5/h4H,2-3H2,1H3. The Labute approximate surface area is 61.4 Å². The van der Waals surface area contributed by atoms with Gasteiger partial charge in [0.25, 0.3) is 0 Å². The van der Waals surface area contributed by atoms with E-state index in [1.54, 1.807) is 0 Å². The second-order valence-electron chi connectivity index (χ2n) is 1.94. The van der Waals surface area contributed by atoms with Gasteiger partial charge in [-0.25, -0.2) is 0 Å². The third-order valence-corrected chi connectivity index (χ3v) is 5.51. The molecule has 1 heterocycles. The second kappa shape index (κ2) is 2.45. The Hall–Kier alpha value is 0.209. The molecule has 0 fully saturated rings. The quantitative estimate of drug-likeness (QED) is 0.543. The van der Waals surface area contributed by atoms with Crippen molar-refractivity contribution < 1.29 is 8.42 Å². The number of hydrogen-bond acceptors (Lipinski definition) is 2. The molecule has 0 saturated carbocycles. The summed E-state index contributed by atoms with van der Waals surface area (Å²) in [7, 11) is -2.78. The van der Waals surface area contributed by atoms with Gasteiger partial charge in [0.1, 0.15) is 0 Å². The van der Waals surface area contributed by atoms with Gasteiger partial charge in [0.15, 0.2) is 0 Å². The molecule has 0 radical (unpaired) electrons. The van der Waals surface area contributed by atoms with Crippen molar-refractivity contribution in [3.05, 3.63) is 9.88 Å². The van der Waals surface area contributed by atoms with Crippen molar-refractivity contribution in [1.29, 1.82) is 0 Å². The number of hydrogen-bond donors (Lipinski definition) is 0. The molecule has 0 atom stereocenters.